The molecule has 0 unspecified atom stereocenters. The minimum absolute atomic E-state index is 0.000871. The summed E-state index contributed by atoms with van der Waals surface area (Å²) in [7, 11) is 1.49. The number of hydrogen-bond acceptors (Lipinski definition) is 9. The van der Waals surface area contributed by atoms with Crippen molar-refractivity contribution in [3.8, 4) is 5.75 Å². The number of imide groups is 1. The zero-order valence-electron chi connectivity index (χ0n) is 27.7. The fourth-order valence-corrected chi connectivity index (χ4v) is 6.87. The molecule has 0 radical (unpaired) electrons. The molecular formula is C35H40N2O9. The number of carbonyl (C=O) groups excluding carboxylic acids is 5. The largest absolute Gasteiger partial charge is 0.497 e. The summed E-state index contributed by atoms with van der Waals surface area (Å²) < 4.78 is 23.9. The smallest absolute Gasteiger partial charge is 0.421 e. The quantitative estimate of drug-likeness (QED) is 0.249. The van der Waals surface area contributed by atoms with Gasteiger partial charge in [-0.1, -0.05) is 18.2 Å². The Balaban J connectivity index is 1.90. The molecule has 1 aliphatic heterocycles. The number of rotatable bonds is 4. The first kappa shape index (κ1) is 32.7. The number of benzene rings is 2. The highest BCUT2D eigenvalue weighted by molar-refractivity contribution is 6.24. The van der Waals surface area contributed by atoms with Crippen molar-refractivity contribution in [2.75, 3.05) is 18.6 Å². The molecule has 1 spiro atoms. The molecule has 0 fully saturated rings. The molecule has 244 valence electrons. The van der Waals surface area contributed by atoms with Gasteiger partial charge in [0.15, 0.2) is 0 Å². The lowest BCUT2D eigenvalue weighted by molar-refractivity contribution is -0.155. The fraction of sp³-hybridized carbons (Fsp3) is 0.457. The van der Waals surface area contributed by atoms with Gasteiger partial charge in [-0.3, -0.25) is 14.4 Å². The maximum absolute atomic E-state index is 15.0. The third-order valence-electron chi connectivity index (χ3n) is 8.28. The molecule has 11 heteroatoms. The molecule has 0 bridgehead atoms. The van der Waals surface area contributed by atoms with E-state index in [4.69, 9.17) is 18.9 Å². The number of ketones is 1. The first-order valence-electron chi connectivity index (χ1n) is 15.3. The number of amides is 2. The molecule has 3 aromatic rings. The molecular weight excluding hydrogens is 592 g/mol. The fourth-order valence-electron chi connectivity index (χ4n) is 6.87. The molecule has 3 atom stereocenters. The summed E-state index contributed by atoms with van der Waals surface area (Å²) in [5, 5.41) is 0.475. The SMILES string of the molecule is CCOC(=O)[C@H]1Cc2c(c3cc(OC)ccc3n2C(=O)OC(C)(C)C)[C@H](C(C)=O)[C@]12C(=O)N(C(=O)OC(C)(C)C)c1ccccc12. The predicted molar refractivity (Wildman–Crippen MR) is 169 cm³/mol. The van der Waals surface area contributed by atoms with Crippen molar-refractivity contribution in [3.63, 3.8) is 0 Å². The Labute approximate surface area is 267 Å². The first-order chi connectivity index (χ1) is 21.5. The second-order valence-corrected chi connectivity index (χ2v) is 13.6. The van der Waals surface area contributed by atoms with Crippen LogP contribution in [0.15, 0.2) is 42.5 Å². The van der Waals surface area contributed by atoms with E-state index in [1.54, 1.807) is 90.9 Å². The standard InChI is InChI=1S/C35H40N2O9/c1-10-44-29(39)23-18-26-27(21-17-20(43-9)15-16-24(21)36(26)31(41)45-33(3,4)5)28(19(2)38)35(23)22-13-11-12-14-25(22)37(30(35)40)32(42)46-34(6,7)8/h11-17,23,28H,10,18H2,1-9H3/t23-,28+,35-/m1/s1. The Hall–Kier alpha value is -4.67. The molecule has 0 saturated heterocycles. The van der Waals surface area contributed by atoms with Crippen molar-refractivity contribution in [3.05, 3.63) is 59.3 Å². The van der Waals surface area contributed by atoms with Gasteiger partial charge in [0, 0.05) is 17.5 Å². The molecule has 5 rings (SSSR count). The molecule has 1 aliphatic carbocycles. The number of carbonyl (C=O) groups is 5. The molecule has 46 heavy (non-hydrogen) atoms. The number of anilines is 1. The Bertz CT molecular complexity index is 1770. The van der Waals surface area contributed by atoms with Crippen LogP contribution in [-0.2, 0) is 40.4 Å². The van der Waals surface area contributed by atoms with Gasteiger partial charge < -0.3 is 18.9 Å². The van der Waals surface area contributed by atoms with Crippen LogP contribution in [0, 0.1) is 5.92 Å². The van der Waals surface area contributed by atoms with E-state index in [2.05, 4.69) is 0 Å². The molecule has 2 amide bonds. The van der Waals surface area contributed by atoms with Gasteiger partial charge in [-0.05, 0) is 90.8 Å². The van der Waals surface area contributed by atoms with E-state index in [9.17, 15) is 19.2 Å². The Morgan fingerprint density at radius 2 is 1.57 bits per heavy atom. The average Bonchev–Trinajstić information content (AvgIpc) is 3.40. The van der Waals surface area contributed by atoms with E-state index in [1.807, 2.05) is 0 Å². The van der Waals surface area contributed by atoms with Crippen LogP contribution in [0.3, 0.4) is 0 Å². The number of esters is 1. The highest BCUT2D eigenvalue weighted by Gasteiger charge is 2.68. The van der Waals surface area contributed by atoms with Gasteiger partial charge in [0.05, 0.1) is 36.8 Å². The molecule has 2 aromatic carbocycles. The molecule has 2 heterocycles. The summed E-state index contributed by atoms with van der Waals surface area (Å²) in [5.41, 5.74) is -2.07. The number of aromatic nitrogens is 1. The van der Waals surface area contributed by atoms with Crippen molar-refractivity contribution in [1.29, 1.82) is 0 Å². The van der Waals surface area contributed by atoms with Gasteiger partial charge in [0.1, 0.15) is 28.1 Å². The minimum Gasteiger partial charge on any atom is -0.497 e. The lowest BCUT2D eigenvalue weighted by atomic mass is 9.55. The summed E-state index contributed by atoms with van der Waals surface area (Å²) in [6, 6.07) is 11.6. The number of nitrogens with zero attached hydrogens (tertiary/aromatic N) is 2. The van der Waals surface area contributed by atoms with Gasteiger partial charge >= 0.3 is 18.2 Å². The van der Waals surface area contributed by atoms with E-state index >= 15 is 4.79 Å². The predicted octanol–water partition coefficient (Wildman–Crippen LogP) is 6.06. The number of fused-ring (bicyclic) bond motifs is 5. The lowest BCUT2D eigenvalue weighted by Gasteiger charge is -2.44. The van der Waals surface area contributed by atoms with E-state index in [0.717, 1.165) is 4.90 Å². The van der Waals surface area contributed by atoms with Crippen LogP contribution in [0.4, 0.5) is 15.3 Å². The molecule has 11 nitrogen and oxygen atoms in total. The monoisotopic (exact) mass is 632 g/mol. The topological polar surface area (TPSA) is 130 Å². The summed E-state index contributed by atoms with van der Waals surface area (Å²) in [6.45, 7) is 13.2. The van der Waals surface area contributed by atoms with E-state index in [0.29, 0.717) is 33.5 Å². The highest BCUT2D eigenvalue weighted by atomic mass is 16.6. The van der Waals surface area contributed by atoms with Crippen molar-refractivity contribution < 1.29 is 42.9 Å². The van der Waals surface area contributed by atoms with Crippen LogP contribution < -0.4 is 9.64 Å². The number of hydrogen-bond donors (Lipinski definition) is 0. The van der Waals surface area contributed by atoms with E-state index in [1.165, 1.54) is 18.6 Å². The maximum atomic E-state index is 15.0. The zero-order valence-corrected chi connectivity index (χ0v) is 27.7. The Morgan fingerprint density at radius 1 is 0.935 bits per heavy atom. The van der Waals surface area contributed by atoms with Crippen molar-refractivity contribution in [1.82, 2.24) is 4.57 Å². The third kappa shape index (κ3) is 5.11. The number of Topliss-reactive ketones (excluding diaryl/α,β-unsaturated/α-hetero) is 1. The van der Waals surface area contributed by atoms with E-state index < -0.39 is 58.3 Å². The molecule has 2 aliphatic rings. The summed E-state index contributed by atoms with van der Waals surface area (Å²) in [4.78, 5) is 71.7. The number of methoxy groups -OCH3 is 1. The molecule has 1 aromatic heterocycles. The van der Waals surface area contributed by atoms with Crippen molar-refractivity contribution in [2.24, 2.45) is 5.92 Å². The number of ether oxygens (including phenoxy) is 4. The lowest BCUT2D eigenvalue weighted by Crippen LogP contribution is -2.58. The van der Waals surface area contributed by atoms with Crippen LogP contribution in [0.25, 0.3) is 10.9 Å². The number of para-hydroxylation sites is 1. The van der Waals surface area contributed by atoms with Gasteiger partial charge in [-0.15, -0.1) is 0 Å². The van der Waals surface area contributed by atoms with Gasteiger partial charge in [-0.25, -0.2) is 19.1 Å². The van der Waals surface area contributed by atoms with Crippen molar-refractivity contribution >= 4 is 46.4 Å². The average molecular weight is 633 g/mol. The highest BCUT2D eigenvalue weighted by Crippen LogP contribution is 2.60. The van der Waals surface area contributed by atoms with Crippen LogP contribution in [0.5, 0.6) is 5.75 Å². The summed E-state index contributed by atoms with van der Waals surface area (Å²) >= 11 is 0. The van der Waals surface area contributed by atoms with Gasteiger partial charge in [0.25, 0.3) is 0 Å². The summed E-state index contributed by atoms with van der Waals surface area (Å²) in [5.74, 6) is -4.14. The van der Waals surface area contributed by atoms with Gasteiger partial charge in [0.2, 0.25) is 5.91 Å². The zero-order chi connectivity index (χ0) is 33.9. The van der Waals surface area contributed by atoms with Crippen molar-refractivity contribution in [2.45, 2.75) is 84.3 Å². The second kappa shape index (κ2) is 11.3. The summed E-state index contributed by atoms with van der Waals surface area (Å²) in [6.07, 6.45) is -1.81. The maximum Gasteiger partial charge on any atom is 0.421 e. The van der Waals surface area contributed by atoms with E-state index in [-0.39, 0.29) is 18.7 Å². The second-order valence-electron chi connectivity index (χ2n) is 13.6. The van der Waals surface area contributed by atoms with Gasteiger partial charge in [-0.2, -0.15) is 0 Å². The Morgan fingerprint density at radius 3 is 2.15 bits per heavy atom. The van der Waals surface area contributed by atoms with Crippen LogP contribution in [0.2, 0.25) is 0 Å². The normalized spacial score (nSPS) is 20.7. The first-order valence-corrected chi connectivity index (χ1v) is 15.3. The molecule has 0 saturated carbocycles. The van der Waals surface area contributed by atoms with Crippen LogP contribution in [0.1, 0.15) is 78.1 Å². The molecule has 0 N–H and O–H groups in total. The van der Waals surface area contributed by atoms with Crippen LogP contribution >= 0.6 is 0 Å². The minimum atomic E-state index is -1.91. The Kier molecular flexibility index (Phi) is 8.03. The van der Waals surface area contributed by atoms with Crippen LogP contribution in [-0.4, -0.2) is 59.3 Å². The third-order valence-corrected chi connectivity index (χ3v) is 8.28.